The molecule has 1 amide bonds. The molecule has 0 bridgehead atoms. The zero-order chi connectivity index (χ0) is 17.9. The summed E-state index contributed by atoms with van der Waals surface area (Å²) in [6.45, 7) is 0. The highest BCUT2D eigenvalue weighted by molar-refractivity contribution is 6.30. The molecule has 1 heterocycles. The van der Waals surface area contributed by atoms with Crippen molar-refractivity contribution in [3.63, 3.8) is 0 Å². The zero-order valence-electron chi connectivity index (χ0n) is 13.8. The van der Waals surface area contributed by atoms with E-state index in [4.69, 9.17) is 16.0 Å². The van der Waals surface area contributed by atoms with E-state index in [1.54, 1.807) is 18.2 Å². The molecule has 4 rings (SSSR count). The van der Waals surface area contributed by atoms with Gasteiger partial charge in [0.25, 0.3) is 0 Å². The number of aromatic nitrogens is 1. The Labute approximate surface area is 155 Å². The summed E-state index contributed by atoms with van der Waals surface area (Å²) in [5.41, 5.74) is 3.87. The Hall–Kier alpha value is -3.11. The molecule has 0 aliphatic rings. The molecule has 0 spiro atoms. The number of hydrogen-bond acceptors (Lipinski definition) is 3. The van der Waals surface area contributed by atoms with Crippen molar-refractivity contribution in [2.75, 3.05) is 5.32 Å². The van der Waals surface area contributed by atoms with Crippen LogP contribution in [0.15, 0.2) is 77.2 Å². The number of nitrogens with one attached hydrogen (secondary N) is 1. The van der Waals surface area contributed by atoms with Gasteiger partial charge in [0.15, 0.2) is 5.58 Å². The summed E-state index contributed by atoms with van der Waals surface area (Å²) in [5.74, 6) is 0.458. The van der Waals surface area contributed by atoms with Crippen LogP contribution in [0.3, 0.4) is 0 Å². The first-order chi connectivity index (χ1) is 12.7. The van der Waals surface area contributed by atoms with Gasteiger partial charge in [0.1, 0.15) is 5.52 Å². The summed E-state index contributed by atoms with van der Waals surface area (Å²) in [4.78, 5) is 16.7. The van der Waals surface area contributed by atoms with Gasteiger partial charge in [-0.1, -0.05) is 41.9 Å². The normalized spacial score (nSPS) is 10.8. The van der Waals surface area contributed by atoms with E-state index in [9.17, 15) is 4.79 Å². The summed E-state index contributed by atoms with van der Waals surface area (Å²) < 4.78 is 5.83. The van der Waals surface area contributed by atoms with Crippen molar-refractivity contribution in [1.29, 1.82) is 0 Å². The molecule has 0 atom stereocenters. The lowest BCUT2D eigenvalue weighted by atomic mass is 10.1. The minimum Gasteiger partial charge on any atom is -0.436 e. The second-order valence-electron chi connectivity index (χ2n) is 5.92. The molecular weight excluding hydrogens is 348 g/mol. The predicted molar refractivity (Wildman–Crippen MR) is 103 cm³/mol. The van der Waals surface area contributed by atoms with Crippen LogP contribution in [0.1, 0.15) is 5.56 Å². The lowest BCUT2D eigenvalue weighted by Gasteiger charge is -2.05. The maximum atomic E-state index is 12.2. The van der Waals surface area contributed by atoms with Gasteiger partial charge in [-0.15, -0.1) is 0 Å². The Balaban J connectivity index is 1.52. The lowest BCUT2D eigenvalue weighted by molar-refractivity contribution is -0.115. The number of anilines is 1. The lowest BCUT2D eigenvalue weighted by Crippen LogP contribution is -2.14. The van der Waals surface area contributed by atoms with Crippen molar-refractivity contribution in [2.45, 2.75) is 6.42 Å². The van der Waals surface area contributed by atoms with E-state index >= 15 is 0 Å². The van der Waals surface area contributed by atoms with Crippen LogP contribution in [0, 0.1) is 0 Å². The molecule has 1 aromatic heterocycles. The van der Waals surface area contributed by atoms with Crippen LogP contribution >= 0.6 is 11.6 Å². The number of fused-ring (bicyclic) bond motifs is 1. The molecule has 4 aromatic rings. The minimum atomic E-state index is -0.102. The van der Waals surface area contributed by atoms with Crippen molar-refractivity contribution in [2.24, 2.45) is 0 Å². The van der Waals surface area contributed by atoms with E-state index in [0.29, 0.717) is 22.2 Å². The summed E-state index contributed by atoms with van der Waals surface area (Å²) in [5, 5.41) is 3.54. The standard InChI is InChI=1S/C21H15ClN2O2/c22-16-8-6-14(7-9-16)12-20(25)23-17-10-11-18-19(13-17)26-21(24-18)15-4-2-1-3-5-15/h1-11,13H,12H2,(H,23,25). The second kappa shape index (κ2) is 7.02. The summed E-state index contributed by atoms with van der Waals surface area (Å²) >= 11 is 5.86. The fourth-order valence-corrected chi connectivity index (χ4v) is 2.83. The highest BCUT2D eigenvalue weighted by Crippen LogP contribution is 2.26. The van der Waals surface area contributed by atoms with Crippen molar-refractivity contribution in [1.82, 2.24) is 4.98 Å². The molecule has 26 heavy (non-hydrogen) atoms. The zero-order valence-corrected chi connectivity index (χ0v) is 14.5. The maximum Gasteiger partial charge on any atom is 0.228 e. The fraction of sp³-hybridized carbons (Fsp3) is 0.0476. The van der Waals surface area contributed by atoms with E-state index in [1.807, 2.05) is 54.6 Å². The van der Waals surface area contributed by atoms with Crippen molar-refractivity contribution < 1.29 is 9.21 Å². The Morgan fingerprint density at radius 3 is 2.54 bits per heavy atom. The monoisotopic (exact) mass is 362 g/mol. The van der Waals surface area contributed by atoms with Gasteiger partial charge in [-0.3, -0.25) is 4.79 Å². The Kier molecular flexibility index (Phi) is 4.42. The number of amides is 1. The number of carbonyl (C=O) groups is 1. The quantitative estimate of drug-likeness (QED) is 0.534. The fourth-order valence-electron chi connectivity index (χ4n) is 2.70. The van der Waals surface area contributed by atoms with Crippen LogP contribution < -0.4 is 5.32 Å². The van der Waals surface area contributed by atoms with E-state index in [-0.39, 0.29) is 12.3 Å². The van der Waals surface area contributed by atoms with Gasteiger partial charge in [-0.25, -0.2) is 4.98 Å². The molecule has 3 aromatic carbocycles. The molecule has 0 aliphatic carbocycles. The van der Waals surface area contributed by atoms with Gasteiger partial charge in [-0.2, -0.15) is 0 Å². The molecule has 0 radical (unpaired) electrons. The van der Waals surface area contributed by atoms with Crippen LogP contribution in [-0.4, -0.2) is 10.9 Å². The van der Waals surface area contributed by atoms with Crippen LogP contribution in [0.25, 0.3) is 22.6 Å². The van der Waals surface area contributed by atoms with Crippen LogP contribution in [0.4, 0.5) is 5.69 Å². The molecular formula is C21H15ClN2O2. The molecule has 1 N–H and O–H groups in total. The van der Waals surface area contributed by atoms with Crippen molar-refractivity contribution in [3.05, 3.63) is 83.4 Å². The maximum absolute atomic E-state index is 12.2. The predicted octanol–water partition coefficient (Wildman–Crippen LogP) is 5.33. The molecule has 4 nitrogen and oxygen atoms in total. The smallest absolute Gasteiger partial charge is 0.228 e. The molecule has 5 heteroatoms. The number of hydrogen-bond donors (Lipinski definition) is 1. The molecule has 0 aliphatic heterocycles. The summed E-state index contributed by atoms with van der Waals surface area (Å²) in [6, 6.07) is 22.4. The Morgan fingerprint density at radius 1 is 1.00 bits per heavy atom. The van der Waals surface area contributed by atoms with E-state index < -0.39 is 0 Å². The van der Waals surface area contributed by atoms with E-state index in [0.717, 1.165) is 16.6 Å². The van der Waals surface area contributed by atoms with E-state index in [2.05, 4.69) is 10.3 Å². The number of oxazole rings is 1. The van der Waals surface area contributed by atoms with Crippen molar-refractivity contribution in [3.8, 4) is 11.5 Å². The molecule has 0 saturated carbocycles. The van der Waals surface area contributed by atoms with Gasteiger partial charge < -0.3 is 9.73 Å². The third-order valence-corrected chi connectivity index (χ3v) is 4.22. The summed E-state index contributed by atoms with van der Waals surface area (Å²) in [7, 11) is 0. The molecule has 0 unspecified atom stereocenters. The van der Waals surface area contributed by atoms with Crippen LogP contribution in [-0.2, 0) is 11.2 Å². The number of benzene rings is 3. The van der Waals surface area contributed by atoms with Crippen LogP contribution in [0.2, 0.25) is 5.02 Å². The van der Waals surface area contributed by atoms with Gasteiger partial charge in [0.05, 0.1) is 6.42 Å². The number of carbonyl (C=O) groups excluding carboxylic acids is 1. The number of nitrogens with zero attached hydrogens (tertiary/aromatic N) is 1. The van der Waals surface area contributed by atoms with Gasteiger partial charge in [0.2, 0.25) is 11.8 Å². The number of rotatable bonds is 4. The number of halogens is 1. The average Bonchev–Trinajstić information content (AvgIpc) is 3.08. The minimum absolute atomic E-state index is 0.102. The first kappa shape index (κ1) is 16.4. The average molecular weight is 363 g/mol. The van der Waals surface area contributed by atoms with Crippen molar-refractivity contribution >= 4 is 34.3 Å². The topological polar surface area (TPSA) is 55.1 Å². The van der Waals surface area contributed by atoms with Gasteiger partial charge >= 0.3 is 0 Å². The third kappa shape index (κ3) is 3.60. The third-order valence-electron chi connectivity index (χ3n) is 3.97. The Bertz CT molecular complexity index is 1060. The van der Waals surface area contributed by atoms with Gasteiger partial charge in [0, 0.05) is 22.3 Å². The van der Waals surface area contributed by atoms with Gasteiger partial charge in [-0.05, 0) is 42.0 Å². The Morgan fingerprint density at radius 2 is 1.77 bits per heavy atom. The molecule has 0 fully saturated rings. The molecule has 128 valence electrons. The highest BCUT2D eigenvalue weighted by Gasteiger charge is 2.10. The molecule has 0 saturated heterocycles. The first-order valence-electron chi connectivity index (χ1n) is 8.18. The largest absolute Gasteiger partial charge is 0.436 e. The SMILES string of the molecule is O=C(Cc1ccc(Cl)cc1)Nc1ccc2nc(-c3ccccc3)oc2c1. The highest BCUT2D eigenvalue weighted by atomic mass is 35.5. The first-order valence-corrected chi connectivity index (χ1v) is 8.55. The second-order valence-corrected chi connectivity index (χ2v) is 6.36. The summed E-state index contributed by atoms with van der Waals surface area (Å²) in [6.07, 6.45) is 0.279. The van der Waals surface area contributed by atoms with Crippen LogP contribution in [0.5, 0.6) is 0 Å². The van der Waals surface area contributed by atoms with E-state index in [1.165, 1.54) is 0 Å².